The van der Waals surface area contributed by atoms with Crippen molar-refractivity contribution in [3.8, 4) is 16.3 Å². The summed E-state index contributed by atoms with van der Waals surface area (Å²) >= 11 is 1.57. The van der Waals surface area contributed by atoms with Gasteiger partial charge in [-0.2, -0.15) is 5.10 Å². The Kier molecular flexibility index (Phi) is 4.09. The second-order valence-corrected chi connectivity index (χ2v) is 7.84. The number of carbonyl (C=O) groups excluding carboxylic acids is 1. The van der Waals surface area contributed by atoms with Crippen LogP contribution in [0, 0.1) is 0 Å². The lowest BCUT2D eigenvalue weighted by Gasteiger charge is -2.26. The van der Waals surface area contributed by atoms with Gasteiger partial charge in [0.1, 0.15) is 10.8 Å². The van der Waals surface area contributed by atoms with Crippen molar-refractivity contribution >= 4 is 27.5 Å². The highest BCUT2D eigenvalue weighted by Gasteiger charge is 2.23. The van der Waals surface area contributed by atoms with Crippen LogP contribution in [0.4, 0.5) is 0 Å². The number of carbonyl (C=O) groups is 1. The summed E-state index contributed by atoms with van der Waals surface area (Å²) in [6, 6.07) is 13.5. The Morgan fingerprint density at radius 2 is 2.18 bits per heavy atom. The minimum atomic E-state index is -0.0834. The minimum Gasteiger partial charge on any atom is -0.493 e. The highest BCUT2D eigenvalue weighted by atomic mass is 32.1. The molecule has 1 amide bonds. The van der Waals surface area contributed by atoms with Crippen LogP contribution in [0.1, 0.15) is 28.4 Å². The maximum absolute atomic E-state index is 12.9. The largest absolute Gasteiger partial charge is 0.493 e. The van der Waals surface area contributed by atoms with Gasteiger partial charge in [-0.05, 0) is 24.3 Å². The number of amides is 1. The number of hydrogen-bond donors (Lipinski definition) is 1. The Bertz CT molecular complexity index is 1180. The van der Waals surface area contributed by atoms with Crippen LogP contribution >= 0.6 is 11.3 Å². The summed E-state index contributed by atoms with van der Waals surface area (Å²) in [4.78, 5) is 17.5. The predicted molar refractivity (Wildman–Crippen MR) is 109 cm³/mol. The number of thiazole rings is 1. The van der Waals surface area contributed by atoms with E-state index in [1.54, 1.807) is 22.2 Å². The highest BCUT2D eigenvalue weighted by molar-refractivity contribution is 7.21. The van der Waals surface area contributed by atoms with E-state index in [0.29, 0.717) is 12.2 Å². The van der Waals surface area contributed by atoms with Crippen molar-refractivity contribution in [2.45, 2.75) is 12.5 Å². The van der Waals surface area contributed by atoms with Gasteiger partial charge in [0.2, 0.25) is 0 Å². The first kappa shape index (κ1) is 16.9. The number of aromatic nitrogens is 3. The maximum Gasteiger partial charge on any atom is 0.251 e. The monoisotopic (exact) mass is 390 g/mol. The van der Waals surface area contributed by atoms with Gasteiger partial charge in [-0.3, -0.25) is 9.48 Å². The molecule has 1 N–H and O–H groups in total. The van der Waals surface area contributed by atoms with E-state index < -0.39 is 0 Å². The standard InChI is InChI=1S/C21H18N4O2S/c1-25-12-14(11-22-25)21-24-17-7-6-13(10-19(17)28-21)20(26)23-16-8-9-27-18-5-3-2-4-15(16)18/h2-7,10-12,16H,8-9H2,1H3,(H,23,26). The molecule has 4 aromatic rings. The van der Waals surface area contributed by atoms with Crippen LogP contribution in [-0.2, 0) is 7.05 Å². The fraction of sp³-hybridized carbons (Fsp3) is 0.190. The molecule has 1 aliphatic rings. The van der Waals surface area contributed by atoms with Gasteiger partial charge in [-0.25, -0.2) is 4.98 Å². The molecule has 6 nitrogen and oxygen atoms in total. The maximum atomic E-state index is 12.9. The van der Waals surface area contributed by atoms with E-state index in [4.69, 9.17) is 4.74 Å². The third-order valence-electron chi connectivity index (χ3n) is 4.87. The molecule has 28 heavy (non-hydrogen) atoms. The summed E-state index contributed by atoms with van der Waals surface area (Å²) in [6.07, 6.45) is 4.50. The van der Waals surface area contributed by atoms with E-state index in [1.165, 1.54) is 0 Å². The van der Waals surface area contributed by atoms with Crippen LogP contribution in [0.15, 0.2) is 54.9 Å². The molecule has 140 valence electrons. The van der Waals surface area contributed by atoms with Gasteiger partial charge in [-0.15, -0.1) is 11.3 Å². The van der Waals surface area contributed by atoms with Gasteiger partial charge in [-0.1, -0.05) is 18.2 Å². The quantitative estimate of drug-likeness (QED) is 0.575. The molecule has 0 aliphatic carbocycles. The van der Waals surface area contributed by atoms with Crippen molar-refractivity contribution in [1.29, 1.82) is 0 Å². The van der Waals surface area contributed by atoms with Crippen molar-refractivity contribution < 1.29 is 9.53 Å². The second-order valence-electron chi connectivity index (χ2n) is 6.81. The molecule has 0 spiro atoms. The number of nitrogens with one attached hydrogen (secondary N) is 1. The van der Waals surface area contributed by atoms with Crippen LogP contribution < -0.4 is 10.1 Å². The molecule has 2 aromatic carbocycles. The van der Waals surface area contributed by atoms with E-state index in [0.717, 1.165) is 38.5 Å². The average Bonchev–Trinajstić information content (AvgIpc) is 3.33. The molecule has 0 radical (unpaired) electrons. The first-order chi connectivity index (χ1) is 13.7. The topological polar surface area (TPSA) is 69.0 Å². The van der Waals surface area contributed by atoms with E-state index >= 15 is 0 Å². The Balaban J connectivity index is 1.41. The van der Waals surface area contributed by atoms with Gasteiger partial charge >= 0.3 is 0 Å². The zero-order valence-corrected chi connectivity index (χ0v) is 16.1. The smallest absolute Gasteiger partial charge is 0.251 e. The lowest BCUT2D eigenvalue weighted by Crippen LogP contribution is -2.32. The van der Waals surface area contributed by atoms with Crippen LogP contribution in [0.5, 0.6) is 5.75 Å². The number of para-hydroxylation sites is 1. The molecular formula is C21H18N4O2S. The molecule has 2 aromatic heterocycles. The number of nitrogens with zero attached hydrogens (tertiary/aromatic N) is 3. The van der Waals surface area contributed by atoms with Crippen LogP contribution in [-0.4, -0.2) is 27.3 Å². The normalized spacial score (nSPS) is 15.8. The summed E-state index contributed by atoms with van der Waals surface area (Å²) in [7, 11) is 1.88. The second kappa shape index (κ2) is 6.76. The Morgan fingerprint density at radius 1 is 1.29 bits per heavy atom. The van der Waals surface area contributed by atoms with Crippen molar-refractivity contribution in [2.24, 2.45) is 7.05 Å². The van der Waals surface area contributed by atoms with Gasteiger partial charge < -0.3 is 10.1 Å². The third-order valence-corrected chi connectivity index (χ3v) is 5.93. The molecule has 0 bridgehead atoms. The van der Waals surface area contributed by atoms with E-state index in [2.05, 4.69) is 15.4 Å². The molecule has 0 fully saturated rings. The van der Waals surface area contributed by atoms with Crippen LogP contribution in [0.2, 0.25) is 0 Å². The SMILES string of the molecule is Cn1cc(-c2nc3ccc(C(=O)NC4CCOc5ccccc54)cc3s2)cn1. The fourth-order valence-electron chi connectivity index (χ4n) is 3.45. The summed E-state index contributed by atoms with van der Waals surface area (Å²) in [6.45, 7) is 0.601. The minimum absolute atomic E-state index is 0.0411. The number of rotatable bonds is 3. The first-order valence-electron chi connectivity index (χ1n) is 9.09. The van der Waals surface area contributed by atoms with Gasteiger partial charge in [0.25, 0.3) is 5.91 Å². The number of aryl methyl sites for hydroxylation is 1. The molecule has 3 heterocycles. The van der Waals surface area contributed by atoms with E-state index in [-0.39, 0.29) is 11.9 Å². The van der Waals surface area contributed by atoms with E-state index in [1.807, 2.05) is 55.7 Å². The third kappa shape index (κ3) is 3.03. The number of benzene rings is 2. The zero-order chi connectivity index (χ0) is 19.1. The first-order valence-corrected chi connectivity index (χ1v) is 9.91. The van der Waals surface area contributed by atoms with Crippen LogP contribution in [0.3, 0.4) is 0 Å². The number of fused-ring (bicyclic) bond motifs is 2. The average molecular weight is 390 g/mol. The molecule has 5 rings (SSSR count). The van der Waals surface area contributed by atoms with E-state index in [9.17, 15) is 4.79 Å². The van der Waals surface area contributed by atoms with Crippen molar-refractivity contribution in [3.05, 3.63) is 66.0 Å². The predicted octanol–water partition coefficient (Wildman–Crippen LogP) is 3.95. The van der Waals surface area contributed by atoms with Crippen molar-refractivity contribution in [2.75, 3.05) is 6.61 Å². The Morgan fingerprint density at radius 3 is 3.04 bits per heavy atom. The summed E-state index contributed by atoms with van der Waals surface area (Å²) in [5.74, 6) is 0.762. The van der Waals surface area contributed by atoms with Gasteiger partial charge in [0.15, 0.2) is 0 Å². The highest BCUT2D eigenvalue weighted by Crippen LogP contribution is 2.33. The fourth-order valence-corrected chi connectivity index (χ4v) is 4.43. The van der Waals surface area contributed by atoms with Gasteiger partial charge in [0, 0.05) is 36.4 Å². The summed E-state index contributed by atoms with van der Waals surface area (Å²) < 4.78 is 8.42. The van der Waals surface area contributed by atoms with Crippen molar-refractivity contribution in [1.82, 2.24) is 20.1 Å². The van der Waals surface area contributed by atoms with Crippen LogP contribution in [0.25, 0.3) is 20.8 Å². The van der Waals surface area contributed by atoms with Gasteiger partial charge in [0.05, 0.1) is 29.1 Å². The van der Waals surface area contributed by atoms with Crippen molar-refractivity contribution in [3.63, 3.8) is 0 Å². The molecule has 7 heteroatoms. The molecule has 1 aliphatic heterocycles. The lowest BCUT2D eigenvalue weighted by molar-refractivity contribution is 0.0925. The molecule has 1 unspecified atom stereocenters. The zero-order valence-electron chi connectivity index (χ0n) is 15.3. The number of ether oxygens (including phenoxy) is 1. The lowest BCUT2D eigenvalue weighted by atomic mass is 10.00. The number of hydrogen-bond acceptors (Lipinski definition) is 5. The Hall–Kier alpha value is -3.19. The molecular weight excluding hydrogens is 372 g/mol. The molecule has 0 saturated heterocycles. The Labute approximate surface area is 165 Å². The molecule has 0 saturated carbocycles. The molecule has 1 atom stereocenters. The summed E-state index contributed by atoms with van der Waals surface area (Å²) in [5, 5.41) is 8.25. The summed E-state index contributed by atoms with van der Waals surface area (Å²) in [5.41, 5.74) is 3.53.